The lowest BCUT2D eigenvalue weighted by molar-refractivity contribution is 0.415. The highest BCUT2D eigenvalue weighted by Crippen LogP contribution is 2.31. The van der Waals surface area contributed by atoms with Gasteiger partial charge in [-0.25, -0.2) is 9.37 Å². The molecule has 0 aliphatic carbocycles. The number of rotatable bonds is 2. The average Bonchev–Trinajstić information content (AvgIpc) is 2.82. The molecular formula is C14H11FN2O2. The van der Waals surface area contributed by atoms with Gasteiger partial charge in [-0.3, -0.25) is 0 Å². The van der Waals surface area contributed by atoms with Gasteiger partial charge < -0.3 is 14.9 Å². The van der Waals surface area contributed by atoms with Crippen molar-refractivity contribution in [3.8, 4) is 17.2 Å². The molecule has 0 aliphatic rings. The molecule has 1 heterocycles. The Bertz CT molecular complexity index is 752. The summed E-state index contributed by atoms with van der Waals surface area (Å²) in [5, 5.41) is 0. The molecule has 3 aromatic rings. The van der Waals surface area contributed by atoms with E-state index in [0.29, 0.717) is 34.0 Å². The maximum Gasteiger partial charge on any atom is 0.229 e. The number of nitrogen functional groups attached to an aromatic ring is 1. The highest BCUT2D eigenvalue weighted by molar-refractivity contribution is 5.80. The Morgan fingerprint density at radius 3 is 2.84 bits per heavy atom. The number of nitrogens with two attached hydrogens (primary N) is 1. The number of hydrogen-bond acceptors (Lipinski definition) is 4. The number of aromatic nitrogens is 1. The van der Waals surface area contributed by atoms with Crippen molar-refractivity contribution in [1.82, 2.24) is 4.98 Å². The summed E-state index contributed by atoms with van der Waals surface area (Å²) in [6, 6.07) is 9.39. The second kappa shape index (κ2) is 4.28. The van der Waals surface area contributed by atoms with Crippen LogP contribution in [0.1, 0.15) is 0 Å². The predicted octanol–water partition coefficient (Wildman–Crippen LogP) is 3.22. The Kier molecular flexibility index (Phi) is 2.59. The fourth-order valence-corrected chi connectivity index (χ4v) is 1.86. The van der Waals surface area contributed by atoms with Gasteiger partial charge in [-0.2, -0.15) is 0 Å². The summed E-state index contributed by atoms with van der Waals surface area (Å²) >= 11 is 0. The first kappa shape index (κ1) is 11.5. The van der Waals surface area contributed by atoms with Gasteiger partial charge in [-0.1, -0.05) is 0 Å². The molecule has 0 aliphatic heterocycles. The molecule has 5 heteroatoms. The zero-order valence-electron chi connectivity index (χ0n) is 10.2. The lowest BCUT2D eigenvalue weighted by Gasteiger charge is -2.04. The van der Waals surface area contributed by atoms with Gasteiger partial charge in [0.05, 0.1) is 12.7 Å². The summed E-state index contributed by atoms with van der Waals surface area (Å²) in [7, 11) is 1.57. The standard InChI is InChI=1S/C14H11FN2O2/c1-18-9-3-4-11(16)10(7-9)14-17-12-5-2-8(15)6-13(12)19-14/h2-7H,16H2,1H3. The molecule has 96 valence electrons. The molecule has 0 unspecified atom stereocenters. The van der Waals surface area contributed by atoms with Crippen molar-refractivity contribution in [3.63, 3.8) is 0 Å². The van der Waals surface area contributed by atoms with E-state index in [2.05, 4.69) is 4.98 Å². The highest BCUT2D eigenvalue weighted by atomic mass is 19.1. The molecule has 19 heavy (non-hydrogen) atoms. The monoisotopic (exact) mass is 258 g/mol. The van der Waals surface area contributed by atoms with E-state index in [9.17, 15) is 4.39 Å². The Hall–Kier alpha value is -2.56. The van der Waals surface area contributed by atoms with Crippen molar-refractivity contribution in [2.45, 2.75) is 0 Å². The van der Waals surface area contributed by atoms with E-state index >= 15 is 0 Å². The minimum absolute atomic E-state index is 0.344. The van der Waals surface area contributed by atoms with Gasteiger partial charge in [0.25, 0.3) is 0 Å². The third-order valence-electron chi connectivity index (χ3n) is 2.84. The number of oxazole rings is 1. The maximum atomic E-state index is 13.1. The third-order valence-corrected chi connectivity index (χ3v) is 2.84. The van der Waals surface area contributed by atoms with Crippen LogP contribution in [-0.2, 0) is 0 Å². The van der Waals surface area contributed by atoms with Crippen LogP contribution in [0, 0.1) is 5.82 Å². The van der Waals surface area contributed by atoms with E-state index in [1.54, 1.807) is 31.4 Å². The number of anilines is 1. The predicted molar refractivity (Wildman–Crippen MR) is 70.4 cm³/mol. The Balaban J connectivity index is 2.18. The third kappa shape index (κ3) is 1.99. The molecule has 3 rings (SSSR count). The van der Waals surface area contributed by atoms with Crippen molar-refractivity contribution in [2.75, 3.05) is 12.8 Å². The molecule has 0 radical (unpaired) electrons. The van der Waals surface area contributed by atoms with Gasteiger partial charge in [-0.05, 0) is 30.3 Å². The van der Waals surface area contributed by atoms with Gasteiger partial charge in [0, 0.05) is 11.8 Å². The molecule has 4 nitrogen and oxygen atoms in total. The summed E-state index contributed by atoms with van der Waals surface area (Å²) in [5.41, 5.74) is 8.01. The Labute approximate surface area is 108 Å². The van der Waals surface area contributed by atoms with Gasteiger partial charge in [-0.15, -0.1) is 0 Å². The van der Waals surface area contributed by atoms with Crippen LogP contribution in [0.5, 0.6) is 5.75 Å². The van der Waals surface area contributed by atoms with Crippen LogP contribution in [0.4, 0.5) is 10.1 Å². The van der Waals surface area contributed by atoms with Crippen LogP contribution in [-0.4, -0.2) is 12.1 Å². The molecule has 0 spiro atoms. The lowest BCUT2D eigenvalue weighted by Crippen LogP contribution is -1.91. The van der Waals surface area contributed by atoms with Gasteiger partial charge in [0.1, 0.15) is 17.1 Å². The topological polar surface area (TPSA) is 61.3 Å². The van der Waals surface area contributed by atoms with E-state index < -0.39 is 0 Å². The number of hydrogen-bond donors (Lipinski definition) is 1. The zero-order chi connectivity index (χ0) is 13.4. The first-order valence-electron chi connectivity index (χ1n) is 5.67. The first-order chi connectivity index (χ1) is 9.17. The summed E-state index contributed by atoms with van der Waals surface area (Å²) in [6.07, 6.45) is 0. The van der Waals surface area contributed by atoms with Crippen molar-refractivity contribution >= 4 is 16.8 Å². The van der Waals surface area contributed by atoms with E-state index in [4.69, 9.17) is 14.9 Å². The minimum atomic E-state index is -0.367. The molecule has 0 atom stereocenters. The van der Waals surface area contributed by atoms with Gasteiger partial charge >= 0.3 is 0 Å². The minimum Gasteiger partial charge on any atom is -0.497 e. The van der Waals surface area contributed by atoms with Crippen LogP contribution in [0.25, 0.3) is 22.6 Å². The molecule has 0 saturated carbocycles. The maximum absolute atomic E-state index is 13.1. The number of methoxy groups -OCH3 is 1. The summed E-state index contributed by atoms with van der Waals surface area (Å²) in [4.78, 5) is 4.29. The van der Waals surface area contributed by atoms with E-state index in [-0.39, 0.29) is 5.82 Å². The number of nitrogens with zero attached hydrogens (tertiary/aromatic N) is 1. The van der Waals surface area contributed by atoms with E-state index in [1.165, 1.54) is 12.1 Å². The van der Waals surface area contributed by atoms with Crippen LogP contribution < -0.4 is 10.5 Å². The summed E-state index contributed by atoms with van der Waals surface area (Å²) in [6.45, 7) is 0. The molecule has 0 bridgehead atoms. The molecule has 1 aromatic heterocycles. The summed E-state index contributed by atoms with van der Waals surface area (Å²) < 4.78 is 23.8. The van der Waals surface area contributed by atoms with Crippen molar-refractivity contribution < 1.29 is 13.5 Å². The molecule has 2 N–H and O–H groups in total. The fraction of sp³-hybridized carbons (Fsp3) is 0.0714. The van der Waals surface area contributed by atoms with Crippen LogP contribution >= 0.6 is 0 Å². The Morgan fingerprint density at radius 1 is 1.21 bits per heavy atom. The molecule has 0 amide bonds. The second-order valence-electron chi connectivity index (χ2n) is 4.08. The molecule has 2 aromatic carbocycles. The normalized spacial score (nSPS) is 10.8. The number of fused-ring (bicyclic) bond motifs is 1. The second-order valence-corrected chi connectivity index (χ2v) is 4.08. The highest BCUT2D eigenvalue weighted by Gasteiger charge is 2.12. The van der Waals surface area contributed by atoms with Crippen LogP contribution in [0.3, 0.4) is 0 Å². The average molecular weight is 258 g/mol. The lowest BCUT2D eigenvalue weighted by atomic mass is 10.1. The molecule has 0 saturated heterocycles. The SMILES string of the molecule is COc1ccc(N)c(-c2nc3ccc(F)cc3o2)c1. The Morgan fingerprint density at radius 2 is 2.05 bits per heavy atom. The van der Waals surface area contributed by atoms with Crippen LogP contribution in [0.2, 0.25) is 0 Å². The molecular weight excluding hydrogens is 247 g/mol. The fourth-order valence-electron chi connectivity index (χ4n) is 1.86. The van der Waals surface area contributed by atoms with Crippen molar-refractivity contribution in [1.29, 1.82) is 0 Å². The molecule has 0 fully saturated rings. The number of halogens is 1. The first-order valence-corrected chi connectivity index (χ1v) is 5.67. The number of benzene rings is 2. The van der Waals surface area contributed by atoms with Crippen molar-refractivity contribution in [3.05, 3.63) is 42.2 Å². The summed E-state index contributed by atoms with van der Waals surface area (Å²) in [5.74, 6) is 0.628. The van der Waals surface area contributed by atoms with Crippen LogP contribution in [0.15, 0.2) is 40.8 Å². The van der Waals surface area contributed by atoms with Crippen molar-refractivity contribution in [2.24, 2.45) is 0 Å². The number of ether oxygens (including phenoxy) is 1. The van der Waals surface area contributed by atoms with Gasteiger partial charge in [0.2, 0.25) is 5.89 Å². The zero-order valence-corrected chi connectivity index (χ0v) is 10.2. The smallest absolute Gasteiger partial charge is 0.229 e. The quantitative estimate of drug-likeness (QED) is 0.717. The van der Waals surface area contributed by atoms with E-state index in [0.717, 1.165) is 0 Å². The van der Waals surface area contributed by atoms with E-state index in [1.807, 2.05) is 0 Å². The van der Waals surface area contributed by atoms with Gasteiger partial charge in [0.15, 0.2) is 5.58 Å². The largest absolute Gasteiger partial charge is 0.497 e.